The minimum absolute atomic E-state index is 0.0207. The molecule has 0 unspecified atom stereocenters. The Morgan fingerprint density at radius 3 is 2.92 bits per heavy atom. The van der Waals surface area contributed by atoms with Crippen molar-refractivity contribution in [3.8, 4) is 0 Å². The summed E-state index contributed by atoms with van der Waals surface area (Å²) in [4.78, 5) is 13.0. The molecule has 0 aromatic carbocycles. The number of aliphatic hydroxyl groups is 1. The lowest BCUT2D eigenvalue weighted by Gasteiger charge is -2.17. The Morgan fingerprint density at radius 2 is 2.50 bits per heavy atom. The highest BCUT2D eigenvalue weighted by Crippen LogP contribution is 2.17. The molecular formula is C8H14ClNO2. The third-order valence-electron chi connectivity index (χ3n) is 2.20. The van der Waals surface area contributed by atoms with Crippen molar-refractivity contribution in [3.05, 3.63) is 0 Å². The Kier molecular flexibility index (Phi) is 3.35. The Hall–Kier alpha value is -0.280. The minimum Gasteiger partial charge on any atom is -0.396 e. The Morgan fingerprint density at radius 1 is 1.83 bits per heavy atom. The van der Waals surface area contributed by atoms with E-state index in [0.29, 0.717) is 6.54 Å². The van der Waals surface area contributed by atoms with Crippen LogP contribution in [0.2, 0.25) is 0 Å². The van der Waals surface area contributed by atoms with E-state index in [9.17, 15) is 4.79 Å². The summed E-state index contributed by atoms with van der Waals surface area (Å²) in [5.41, 5.74) is 0. The van der Waals surface area contributed by atoms with Crippen LogP contribution in [-0.2, 0) is 4.79 Å². The van der Waals surface area contributed by atoms with Crippen LogP contribution in [0.3, 0.4) is 0 Å². The van der Waals surface area contributed by atoms with Crippen LogP contribution in [0.4, 0.5) is 0 Å². The molecule has 2 atom stereocenters. The molecule has 0 radical (unpaired) electrons. The topological polar surface area (TPSA) is 40.5 Å². The van der Waals surface area contributed by atoms with Crippen molar-refractivity contribution < 1.29 is 9.90 Å². The molecular weight excluding hydrogens is 178 g/mol. The van der Waals surface area contributed by atoms with Gasteiger partial charge in [0.05, 0.1) is 0 Å². The predicted octanol–water partition coefficient (Wildman–Crippen LogP) is 0.455. The third-order valence-corrected chi connectivity index (χ3v) is 2.38. The van der Waals surface area contributed by atoms with Gasteiger partial charge in [-0.05, 0) is 13.3 Å². The van der Waals surface area contributed by atoms with E-state index < -0.39 is 5.38 Å². The molecule has 1 amide bonds. The fourth-order valence-electron chi connectivity index (χ4n) is 1.43. The molecule has 1 N–H and O–H groups in total. The number of aliphatic hydroxyl groups excluding tert-OH is 1. The van der Waals surface area contributed by atoms with E-state index in [2.05, 4.69) is 0 Å². The van der Waals surface area contributed by atoms with Crippen molar-refractivity contribution in [2.75, 3.05) is 19.7 Å². The molecule has 0 aliphatic carbocycles. The molecule has 1 saturated heterocycles. The van der Waals surface area contributed by atoms with E-state index in [1.54, 1.807) is 11.8 Å². The zero-order chi connectivity index (χ0) is 9.14. The fraction of sp³-hybridized carbons (Fsp3) is 0.875. The zero-order valence-corrected chi connectivity index (χ0v) is 7.92. The number of rotatable bonds is 2. The Bertz CT molecular complexity index is 172. The number of hydrogen-bond acceptors (Lipinski definition) is 2. The molecule has 12 heavy (non-hydrogen) atoms. The number of alkyl halides is 1. The molecule has 0 aromatic rings. The van der Waals surface area contributed by atoms with E-state index in [4.69, 9.17) is 16.7 Å². The van der Waals surface area contributed by atoms with E-state index in [-0.39, 0.29) is 18.4 Å². The third kappa shape index (κ3) is 2.11. The number of hydrogen-bond donors (Lipinski definition) is 1. The van der Waals surface area contributed by atoms with Crippen LogP contribution in [0, 0.1) is 5.92 Å². The molecule has 0 bridgehead atoms. The number of amides is 1. The Labute approximate surface area is 77.3 Å². The van der Waals surface area contributed by atoms with E-state index in [1.165, 1.54) is 0 Å². The first-order valence-corrected chi connectivity index (χ1v) is 4.62. The van der Waals surface area contributed by atoms with E-state index in [1.807, 2.05) is 0 Å². The normalized spacial score (nSPS) is 25.9. The average Bonchev–Trinajstić information content (AvgIpc) is 2.50. The number of carbonyl (C=O) groups is 1. The smallest absolute Gasteiger partial charge is 0.240 e. The average molecular weight is 192 g/mol. The summed E-state index contributed by atoms with van der Waals surface area (Å²) in [5.74, 6) is 0.233. The van der Waals surface area contributed by atoms with Gasteiger partial charge in [0, 0.05) is 25.6 Å². The monoisotopic (exact) mass is 191 g/mol. The molecule has 4 heteroatoms. The molecule has 3 nitrogen and oxygen atoms in total. The second-order valence-corrected chi connectivity index (χ2v) is 3.89. The quantitative estimate of drug-likeness (QED) is 0.645. The fourth-order valence-corrected chi connectivity index (χ4v) is 1.57. The molecule has 1 heterocycles. The summed E-state index contributed by atoms with van der Waals surface area (Å²) in [6.45, 7) is 3.24. The van der Waals surface area contributed by atoms with Crippen LogP contribution >= 0.6 is 11.6 Å². The minimum atomic E-state index is -0.442. The van der Waals surface area contributed by atoms with Crippen molar-refractivity contribution in [1.29, 1.82) is 0 Å². The lowest BCUT2D eigenvalue weighted by atomic mass is 10.1. The zero-order valence-electron chi connectivity index (χ0n) is 7.16. The standard InChI is InChI=1S/C8H14ClNO2/c1-6(9)8(12)10-3-2-7(4-10)5-11/h6-7,11H,2-5H2,1H3/t6-,7+/m0/s1. The Balaban J connectivity index is 2.41. The molecule has 1 fully saturated rings. The van der Waals surface area contributed by atoms with Gasteiger partial charge in [-0.25, -0.2) is 0 Å². The number of carbonyl (C=O) groups excluding carboxylic acids is 1. The van der Waals surface area contributed by atoms with E-state index in [0.717, 1.165) is 13.0 Å². The largest absolute Gasteiger partial charge is 0.396 e. The van der Waals surface area contributed by atoms with Gasteiger partial charge in [-0.2, -0.15) is 0 Å². The number of halogens is 1. The van der Waals surface area contributed by atoms with Crippen molar-refractivity contribution >= 4 is 17.5 Å². The van der Waals surface area contributed by atoms with E-state index >= 15 is 0 Å². The highest BCUT2D eigenvalue weighted by atomic mass is 35.5. The van der Waals surface area contributed by atoms with Crippen molar-refractivity contribution in [1.82, 2.24) is 4.90 Å². The maximum atomic E-state index is 11.3. The van der Waals surface area contributed by atoms with Gasteiger partial charge in [0.15, 0.2) is 0 Å². The second-order valence-electron chi connectivity index (χ2n) is 3.24. The molecule has 70 valence electrons. The predicted molar refractivity (Wildman–Crippen MR) is 47.1 cm³/mol. The van der Waals surface area contributed by atoms with Crippen LogP contribution < -0.4 is 0 Å². The van der Waals surface area contributed by atoms with Gasteiger partial charge in [-0.3, -0.25) is 4.79 Å². The summed E-state index contributed by atoms with van der Waals surface area (Å²) < 4.78 is 0. The van der Waals surface area contributed by atoms with Crippen molar-refractivity contribution in [2.45, 2.75) is 18.7 Å². The first-order valence-electron chi connectivity index (χ1n) is 4.19. The summed E-state index contributed by atoms with van der Waals surface area (Å²) in [6.07, 6.45) is 0.895. The number of likely N-dealkylation sites (tertiary alicyclic amines) is 1. The van der Waals surface area contributed by atoms with Crippen molar-refractivity contribution in [2.24, 2.45) is 5.92 Å². The molecule has 0 spiro atoms. The summed E-state index contributed by atoms with van der Waals surface area (Å²) in [6, 6.07) is 0. The molecule has 1 rings (SSSR count). The SMILES string of the molecule is C[C@H](Cl)C(=O)N1CC[C@@H](CO)C1. The van der Waals surface area contributed by atoms with Crippen LogP contribution in [0.5, 0.6) is 0 Å². The van der Waals surface area contributed by atoms with Crippen molar-refractivity contribution in [3.63, 3.8) is 0 Å². The van der Waals surface area contributed by atoms with Gasteiger partial charge in [0.2, 0.25) is 5.91 Å². The summed E-state index contributed by atoms with van der Waals surface area (Å²) >= 11 is 5.65. The first-order chi connectivity index (χ1) is 5.65. The molecule has 0 aromatic heterocycles. The molecule has 0 saturated carbocycles. The maximum absolute atomic E-state index is 11.3. The van der Waals surface area contributed by atoms with Crippen LogP contribution in [0.1, 0.15) is 13.3 Å². The highest BCUT2D eigenvalue weighted by molar-refractivity contribution is 6.30. The van der Waals surface area contributed by atoms with Crippen LogP contribution in [0.25, 0.3) is 0 Å². The van der Waals surface area contributed by atoms with Gasteiger partial charge in [-0.15, -0.1) is 11.6 Å². The lowest BCUT2D eigenvalue weighted by molar-refractivity contribution is -0.129. The molecule has 1 aliphatic rings. The molecule has 1 aliphatic heterocycles. The van der Waals surface area contributed by atoms with Gasteiger partial charge in [0.1, 0.15) is 5.38 Å². The number of nitrogens with zero attached hydrogens (tertiary/aromatic N) is 1. The second kappa shape index (κ2) is 4.10. The highest BCUT2D eigenvalue weighted by Gasteiger charge is 2.27. The summed E-state index contributed by atoms with van der Waals surface area (Å²) in [5, 5.41) is 8.39. The maximum Gasteiger partial charge on any atom is 0.240 e. The van der Waals surface area contributed by atoms with Gasteiger partial charge >= 0.3 is 0 Å². The van der Waals surface area contributed by atoms with Gasteiger partial charge < -0.3 is 10.0 Å². The lowest BCUT2D eigenvalue weighted by Crippen LogP contribution is -2.34. The van der Waals surface area contributed by atoms with Gasteiger partial charge in [-0.1, -0.05) is 0 Å². The summed E-state index contributed by atoms with van der Waals surface area (Å²) in [7, 11) is 0. The van der Waals surface area contributed by atoms with Crippen LogP contribution in [-0.4, -0.2) is 41.0 Å². The first kappa shape index (κ1) is 9.81. The van der Waals surface area contributed by atoms with Gasteiger partial charge in [0.25, 0.3) is 0 Å². The van der Waals surface area contributed by atoms with Crippen LogP contribution in [0.15, 0.2) is 0 Å².